The van der Waals surface area contributed by atoms with E-state index in [0.717, 1.165) is 37.2 Å². The average Bonchev–Trinajstić information content (AvgIpc) is 2.63. The Bertz CT molecular complexity index is 583. The van der Waals surface area contributed by atoms with Crippen LogP contribution in [0.15, 0.2) is 60.7 Å². The van der Waals surface area contributed by atoms with Crippen molar-refractivity contribution in [1.82, 2.24) is 4.90 Å². The van der Waals surface area contributed by atoms with Gasteiger partial charge in [-0.25, -0.2) is 0 Å². The molecule has 2 rings (SSSR count). The van der Waals surface area contributed by atoms with Crippen molar-refractivity contribution in [2.24, 2.45) is 0 Å². The maximum atomic E-state index is 12.6. The van der Waals surface area contributed by atoms with E-state index in [0.29, 0.717) is 6.42 Å². The molecule has 0 saturated carbocycles. The summed E-state index contributed by atoms with van der Waals surface area (Å²) in [5, 5.41) is -0.306. The quantitative estimate of drug-likeness (QED) is 0.606. The van der Waals surface area contributed by atoms with Gasteiger partial charge in [0.05, 0.1) is 5.41 Å². The lowest BCUT2D eigenvalue weighted by Gasteiger charge is -2.32. The molecule has 0 aliphatic rings. The number of carbonyl (C=O) groups is 1. The van der Waals surface area contributed by atoms with Gasteiger partial charge in [-0.1, -0.05) is 74.5 Å². The first-order chi connectivity index (χ1) is 11.6. The molecule has 0 spiro atoms. The topological polar surface area (TPSA) is 20.3 Å². The Hall–Kier alpha value is -1.64. The van der Waals surface area contributed by atoms with Gasteiger partial charge in [-0.2, -0.15) is 0 Å². The third kappa shape index (κ3) is 4.06. The van der Waals surface area contributed by atoms with Gasteiger partial charge in [-0.3, -0.25) is 4.79 Å². The summed E-state index contributed by atoms with van der Waals surface area (Å²) in [4.78, 5) is 15.0. The number of halogens is 1. The summed E-state index contributed by atoms with van der Waals surface area (Å²) in [6.45, 7) is 7.35. The van der Waals surface area contributed by atoms with Crippen molar-refractivity contribution in [3.8, 4) is 0 Å². The molecule has 0 bridgehead atoms. The fraction of sp³-hybridized carbons (Fsp3) is 0.381. The number of nitrogens with zero attached hydrogens (tertiary/aromatic N) is 1. The van der Waals surface area contributed by atoms with Crippen molar-refractivity contribution in [2.75, 3.05) is 19.6 Å². The van der Waals surface area contributed by atoms with Gasteiger partial charge in [0.1, 0.15) is 0 Å². The number of hydrogen-bond acceptors (Lipinski definition) is 2. The summed E-state index contributed by atoms with van der Waals surface area (Å²) in [6, 6.07) is 19.8. The molecule has 0 aliphatic heterocycles. The van der Waals surface area contributed by atoms with Gasteiger partial charge in [-0.05, 0) is 55.2 Å². The molecule has 24 heavy (non-hydrogen) atoms. The lowest BCUT2D eigenvalue weighted by atomic mass is 9.72. The Morgan fingerprint density at radius 3 is 1.75 bits per heavy atom. The van der Waals surface area contributed by atoms with Gasteiger partial charge in [0.25, 0.3) is 0 Å². The maximum Gasteiger partial charge on any atom is 0.236 e. The Morgan fingerprint density at radius 1 is 0.917 bits per heavy atom. The second-order valence-electron chi connectivity index (χ2n) is 6.04. The zero-order valence-electron chi connectivity index (χ0n) is 14.5. The van der Waals surface area contributed by atoms with Crippen LogP contribution >= 0.6 is 11.6 Å². The van der Waals surface area contributed by atoms with E-state index in [1.165, 1.54) is 0 Å². The summed E-state index contributed by atoms with van der Waals surface area (Å²) in [5.74, 6) is 0. The predicted octanol–water partition coefficient (Wildman–Crippen LogP) is 4.86. The van der Waals surface area contributed by atoms with Crippen LogP contribution in [0.3, 0.4) is 0 Å². The molecule has 2 nitrogen and oxygen atoms in total. The van der Waals surface area contributed by atoms with E-state index in [2.05, 4.69) is 18.7 Å². The van der Waals surface area contributed by atoms with Crippen LogP contribution in [0.4, 0.5) is 0 Å². The van der Waals surface area contributed by atoms with E-state index in [1.54, 1.807) is 0 Å². The smallest absolute Gasteiger partial charge is 0.236 e. The van der Waals surface area contributed by atoms with E-state index in [-0.39, 0.29) is 5.24 Å². The minimum atomic E-state index is -0.781. The van der Waals surface area contributed by atoms with E-state index >= 15 is 0 Å². The molecule has 0 aliphatic carbocycles. The van der Waals surface area contributed by atoms with Crippen LogP contribution in [-0.4, -0.2) is 29.8 Å². The van der Waals surface area contributed by atoms with E-state index < -0.39 is 5.41 Å². The molecule has 0 atom stereocenters. The highest BCUT2D eigenvalue weighted by molar-refractivity contribution is 6.66. The van der Waals surface area contributed by atoms with Crippen LogP contribution in [0.25, 0.3) is 0 Å². The molecule has 3 heteroatoms. The Morgan fingerprint density at radius 2 is 1.38 bits per heavy atom. The highest BCUT2D eigenvalue weighted by Crippen LogP contribution is 2.39. The number of hydrogen-bond donors (Lipinski definition) is 0. The number of benzene rings is 2. The third-order valence-corrected chi connectivity index (χ3v) is 5.11. The van der Waals surface area contributed by atoms with Gasteiger partial charge in [-0.15, -0.1) is 0 Å². The average molecular weight is 344 g/mol. The molecule has 0 heterocycles. The highest BCUT2D eigenvalue weighted by Gasteiger charge is 2.40. The second-order valence-corrected chi connectivity index (χ2v) is 6.38. The molecule has 0 aromatic heterocycles. The molecule has 2 aromatic carbocycles. The SMILES string of the molecule is CCN(CC)CCCC(C(=O)Cl)(c1ccccc1)c1ccccc1. The van der Waals surface area contributed by atoms with Crippen molar-refractivity contribution in [1.29, 1.82) is 0 Å². The fourth-order valence-electron chi connectivity index (χ4n) is 3.33. The van der Waals surface area contributed by atoms with Gasteiger partial charge in [0.2, 0.25) is 5.24 Å². The second kappa shape index (κ2) is 9.00. The summed E-state index contributed by atoms with van der Waals surface area (Å²) >= 11 is 6.20. The molecule has 0 radical (unpaired) electrons. The summed E-state index contributed by atoms with van der Waals surface area (Å²) in [5.41, 5.74) is 1.16. The standard InChI is InChI=1S/C21H26ClNO/c1-3-23(4-2)17-11-16-21(20(22)24,18-12-7-5-8-13-18)19-14-9-6-10-15-19/h5-10,12-15H,3-4,11,16-17H2,1-2H3. The maximum absolute atomic E-state index is 12.6. The van der Waals surface area contributed by atoms with E-state index in [1.807, 2.05) is 60.7 Å². The normalized spacial score (nSPS) is 11.7. The minimum absolute atomic E-state index is 0.306. The Labute approximate surface area is 150 Å². The molecular weight excluding hydrogens is 318 g/mol. The van der Waals surface area contributed by atoms with Crippen molar-refractivity contribution in [3.05, 3.63) is 71.8 Å². The largest absolute Gasteiger partial charge is 0.304 e. The van der Waals surface area contributed by atoms with Crippen molar-refractivity contribution < 1.29 is 4.79 Å². The van der Waals surface area contributed by atoms with Crippen molar-refractivity contribution >= 4 is 16.8 Å². The predicted molar refractivity (Wildman–Crippen MR) is 102 cm³/mol. The fourth-order valence-corrected chi connectivity index (χ4v) is 3.65. The first-order valence-corrected chi connectivity index (χ1v) is 9.06. The number of rotatable bonds is 9. The van der Waals surface area contributed by atoms with Gasteiger partial charge in [0.15, 0.2) is 0 Å². The van der Waals surface area contributed by atoms with E-state index in [9.17, 15) is 4.79 Å². The molecule has 128 valence electrons. The monoisotopic (exact) mass is 343 g/mol. The zero-order valence-corrected chi connectivity index (χ0v) is 15.3. The van der Waals surface area contributed by atoms with Crippen LogP contribution in [0, 0.1) is 0 Å². The van der Waals surface area contributed by atoms with Crippen molar-refractivity contribution in [3.63, 3.8) is 0 Å². The Kier molecular flexibility index (Phi) is 7.01. The zero-order chi connectivity index (χ0) is 17.4. The Balaban J connectivity index is 2.38. The minimum Gasteiger partial charge on any atom is -0.304 e. The van der Waals surface area contributed by atoms with Gasteiger partial charge in [0, 0.05) is 0 Å². The molecule has 0 unspecified atom stereocenters. The highest BCUT2D eigenvalue weighted by atomic mass is 35.5. The van der Waals surface area contributed by atoms with Crippen LogP contribution in [0.1, 0.15) is 37.8 Å². The molecule has 0 N–H and O–H groups in total. The summed E-state index contributed by atoms with van der Waals surface area (Å²) in [7, 11) is 0. The summed E-state index contributed by atoms with van der Waals surface area (Å²) < 4.78 is 0. The van der Waals surface area contributed by atoms with Crippen LogP contribution < -0.4 is 0 Å². The molecule has 0 amide bonds. The van der Waals surface area contributed by atoms with Gasteiger partial charge < -0.3 is 4.90 Å². The lowest BCUT2D eigenvalue weighted by molar-refractivity contribution is -0.115. The first kappa shape index (κ1) is 18.7. The van der Waals surface area contributed by atoms with Crippen molar-refractivity contribution in [2.45, 2.75) is 32.1 Å². The molecule has 2 aromatic rings. The number of carbonyl (C=O) groups excluding carboxylic acids is 1. The van der Waals surface area contributed by atoms with Gasteiger partial charge >= 0.3 is 0 Å². The van der Waals surface area contributed by atoms with Crippen LogP contribution in [-0.2, 0) is 10.2 Å². The lowest BCUT2D eigenvalue weighted by Crippen LogP contribution is -2.36. The summed E-state index contributed by atoms with van der Waals surface area (Å²) in [6.07, 6.45) is 1.63. The molecule has 0 fully saturated rings. The molecular formula is C21H26ClNO. The van der Waals surface area contributed by atoms with Crippen LogP contribution in [0.2, 0.25) is 0 Å². The molecule has 0 saturated heterocycles. The third-order valence-electron chi connectivity index (χ3n) is 4.79. The van der Waals surface area contributed by atoms with E-state index in [4.69, 9.17) is 11.6 Å². The first-order valence-electron chi connectivity index (χ1n) is 8.68. The van der Waals surface area contributed by atoms with Crippen LogP contribution in [0.5, 0.6) is 0 Å².